The van der Waals surface area contributed by atoms with E-state index in [0.29, 0.717) is 31.1 Å². The van der Waals surface area contributed by atoms with Crippen LogP contribution in [0.15, 0.2) is 36.4 Å². The molecule has 1 amide bonds. The molecular weight excluding hydrogens is 392 g/mol. The van der Waals surface area contributed by atoms with Crippen molar-refractivity contribution in [1.29, 1.82) is 0 Å². The van der Waals surface area contributed by atoms with E-state index in [1.165, 1.54) is 18.4 Å². The molecule has 0 aliphatic carbocycles. The average Bonchev–Trinajstić information content (AvgIpc) is 3.22. The second-order valence-electron chi connectivity index (χ2n) is 8.35. The van der Waals surface area contributed by atoms with E-state index in [4.69, 9.17) is 10.5 Å². The number of aromatic nitrogens is 2. The van der Waals surface area contributed by atoms with E-state index >= 15 is 0 Å². The molecule has 1 aromatic heterocycles. The molecule has 31 heavy (non-hydrogen) atoms. The number of amides is 1. The van der Waals surface area contributed by atoms with Crippen LogP contribution in [-0.2, 0) is 17.9 Å². The monoisotopic (exact) mass is 422 g/mol. The third-order valence-electron chi connectivity index (χ3n) is 5.53. The lowest BCUT2D eigenvalue weighted by Gasteiger charge is -2.30. The molecule has 0 unspecified atom stereocenters. The Morgan fingerprint density at radius 3 is 2.71 bits per heavy atom. The molecule has 2 aliphatic heterocycles. The third kappa shape index (κ3) is 5.32. The zero-order valence-electron chi connectivity index (χ0n) is 18.1. The van der Waals surface area contributed by atoms with Crippen LogP contribution in [0.5, 0.6) is 6.01 Å². The Balaban J connectivity index is 1.53. The standard InChI is InChI=1S/C23H30N6O2/c1-16(2)8-11-31-23-26-21(24)20-22(27-23)29(15-19(30)25-20)14-18-7-5-6-17(12-18)13-28-9-3-4-10-28/h5-7,12H,1,3-4,8-11,13-15H2,2H3,(H,25,30)(H2,24,26,27). The van der Waals surface area contributed by atoms with Crippen molar-refractivity contribution >= 4 is 23.2 Å². The van der Waals surface area contributed by atoms with Gasteiger partial charge >= 0.3 is 6.01 Å². The molecule has 8 heteroatoms. The highest BCUT2D eigenvalue weighted by Gasteiger charge is 2.27. The average molecular weight is 423 g/mol. The zero-order valence-corrected chi connectivity index (χ0v) is 18.1. The smallest absolute Gasteiger partial charge is 0.320 e. The van der Waals surface area contributed by atoms with Crippen molar-refractivity contribution in [3.8, 4) is 6.01 Å². The highest BCUT2D eigenvalue weighted by Crippen LogP contribution is 2.34. The molecule has 0 atom stereocenters. The molecule has 8 nitrogen and oxygen atoms in total. The number of carbonyl (C=O) groups is 1. The number of benzene rings is 1. The van der Waals surface area contributed by atoms with Crippen LogP contribution < -0.4 is 20.7 Å². The van der Waals surface area contributed by atoms with Gasteiger partial charge in [-0.25, -0.2) is 0 Å². The van der Waals surface area contributed by atoms with Gasteiger partial charge in [-0.05, 0) is 44.0 Å². The maximum Gasteiger partial charge on any atom is 0.320 e. The lowest BCUT2D eigenvalue weighted by molar-refractivity contribution is -0.115. The Morgan fingerprint density at radius 2 is 1.97 bits per heavy atom. The van der Waals surface area contributed by atoms with E-state index < -0.39 is 0 Å². The van der Waals surface area contributed by atoms with Crippen LogP contribution in [0.3, 0.4) is 0 Å². The van der Waals surface area contributed by atoms with Gasteiger partial charge in [0.2, 0.25) is 5.91 Å². The van der Waals surface area contributed by atoms with Crippen LogP contribution in [0.2, 0.25) is 0 Å². The SMILES string of the molecule is C=C(C)CCOc1nc(N)c2c(n1)N(Cc1cccc(CN3CCCC3)c1)CC(=O)N2. The summed E-state index contributed by atoms with van der Waals surface area (Å²) in [5.41, 5.74) is 9.98. The second-order valence-corrected chi connectivity index (χ2v) is 8.35. The minimum Gasteiger partial charge on any atom is -0.463 e. The number of fused-ring (bicyclic) bond motifs is 1. The van der Waals surface area contributed by atoms with Crippen molar-refractivity contribution in [3.63, 3.8) is 0 Å². The van der Waals surface area contributed by atoms with Crippen LogP contribution in [0.25, 0.3) is 0 Å². The number of hydrogen-bond acceptors (Lipinski definition) is 7. The highest BCUT2D eigenvalue weighted by atomic mass is 16.5. The van der Waals surface area contributed by atoms with Crippen molar-refractivity contribution in [2.24, 2.45) is 0 Å². The van der Waals surface area contributed by atoms with Crippen LogP contribution in [0, 0.1) is 0 Å². The van der Waals surface area contributed by atoms with Crippen molar-refractivity contribution in [2.45, 2.75) is 39.3 Å². The summed E-state index contributed by atoms with van der Waals surface area (Å²) in [5.74, 6) is 0.658. The van der Waals surface area contributed by atoms with E-state index in [0.717, 1.165) is 30.8 Å². The number of anilines is 3. The van der Waals surface area contributed by atoms with Crippen molar-refractivity contribution < 1.29 is 9.53 Å². The number of nitrogen functional groups attached to an aromatic ring is 1. The number of hydrogen-bond donors (Lipinski definition) is 2. The Kier molecular flexibility index (Phi) is 6.36. The Hall–Kier alpha value is -3.13. The molecule has 0 saturated carbocycles. The van der Waals surface area contributed by atoms with Gasteiger partial charge < -0.3 is 20.7 Å². The molecule has 164 valence electrons. The van der Waals surface area contributed by atoms with E-state index in [1.807, 2.05) is 11.8 Å². The summed E-state index contributed by atoms with van der Waals surface area (Å²) in [4.78, 5) is 25.4. The number of rotatable bonds is 8. The topological polar surface area (TPSA) is 96.6 Å². The fourth-order valence-corrected chi connectivity index (χ4v) is 3.98. The first-order valence-electron chi connectivity index (χ1n) is 10.8. The normalized spacial score (nSPS) is 16.2. The fraction of sp³-hybridized carbons (Fsp3) is 0.435. The number of nitrogens with zero attached hydrogens (tertiary/aromatic N) is 4. The Labute approximate surface area is 183 Å². The molecule has 3 N–H and O–H groups in total. The fourth-order valence-electron chi connectivity index (χ4n) is 3.98. The van der Waals surface area contributed by atoms with Crippen molar-refractivity contribution in [3.05, 3.63) is 47.5 Å². The molecule has 2 aliphatic rings. The number of likely N-dealkylation sites (tertiary alicyclic amines) is 1. The largest absolute Gasteiger partial charge is 0.463 e. The predicted molar refractivity (Wildman–Crippen MR) is 122 cm³/mol. The van der Waals surface area contributed by atoms with Crippen LogP contribution in [-0.4, -0.2) is 47.0 Å². The van der Waals surface area contributed by atoms with Gasteiger partial charge in [-0.2, -0.15) is 9.97 Å². The third-order valence-corrected chi connectivity index (χ3v) is 5.53. The number of nitrogens with one attached hydrogen (secondary N) is 1. The summed E-state index contributed by atoms with van der Waals surface area (Å²) in [5, 5.41) is 2.80. The zero-order chi connectivity index (χ0) is 21.8. The Bertz CT molecular complexity index is 971. The quantitative estimate of drug-likeness (QED) is 0.631. The molecule has 3 heterocycles. The van der Waals surface area contributed by atoms with Gasteiger partial charge in [0.25, 0.3) is 0 Å². The summed E-state index contributed by atoms with van der Waals surface area (Å²) in [6, 6.07) is 8.73. The lowest BCUT2D eigenvalue weighted by Crippen LogP contribution is -2.39. The first-order valence-corrected chi connectivity index (χ1v) is 10.8. The number of carbonyl (C=O) groups excluding carboxylic acids is 1. The van der Waals surface area contributed by atoms with Gasteiger partial charge in [0.1, 0.15) is 5.69 Å². The first kappa shape index (κ1) is 21.1. The van der Waals surface area contributed by atoms with Gasteiger partial charge in [0.15, 0.2) is 11.6 Å². The summed E-state index contributed by atoms with van der Waals surface area (Å²) in [7, 11) is 0. The summed E-state index contributed by atoms with van der Waals surface area (Å²) < 4.78 is 5.67. The molecule has 0 radical (unpaired) electrons. The van der Waals surface area contributed by atoms with E-state index in [-0.39, 0.29) is 24.3 Å². The Morgan fingerprint density at radius 1 is 1.23 bits per heavy atom. The van der Waals surface area contributed by atoms with Crippen molar-refractivity contribution in [1.82, 2.24) is 14.9 Å². The minimum atomic E-state index is -0.132. The van der Waals surface area contributed by atoms with Crippen LogP contribution >= 0.6 is 0 Å². The summed E-state index contributed by atoms with van der Waals surface area (Å²) in [6.07, 6.45) is 3.26. The molecular formula is C23H30N6O2. The predicted octanol–water partition coefficient (Wildman–Crippen LogP) is 2.96. The van der Waals surface area contributed by atoms with E-state index in [2.05, 4.69) is 51.0 Å². The van der Waals surface area contributed by atoms with Gasteiger partial charge in [-0.1, -0.05) is 29.8 Å². The van der Waals surface area contributed by atoms with Crippen molar-refractivity contribution in [2.75, 3.05) is 42.2 Å². The van der Waals surface area contributed by atoms with Gasteiger partial charge in [0, 0.05) is 19.5 Å². The molecule has 1 aromatic carbocycles. The summed E-state index contributed by atoms with van der Waals surface area (Å²) in [6.45, 7) is 10.3. The molecule has 0 bridgehead atoms. The number of nitrogens with two attached hydrogens (primary N) is 1. The second kappa shape index (κ2) is 9.34. The number of ether oxygens (including phenoxy) is 1. The van der Waals surface area contributed by atoms with Crippen LogP contribution in [0.4, 0.5) is 17.3 Å². The maximum atomic E-state index is 12.3. The lowest BCUT2D eigenvalue weighted by atomic mass is 10.1. The van der Waals surface area contributed by atoms with Gasteiger partial charge in [-0.15, -0.1) is 6.58 Å². The molecule has 0 spiro atoms. The highest BCUT2D eigenvalue weighted by molar-refractivity contribution is 6.03. The first-order chi connectivity index (χ1) is 15.0. The summed E-state index contributed by atoms with van der Waals surface area (Å²) >= 11 is 0. The molecule has 1 fully saturated rings. The minimum absolute atomic E-state index is 0.132. The molecule has 4 rings (SSSR count). The van der Waals surface area contributed by atoms with E-state index in [1.54, 1.807) is 0 Å². The van der Waals surface area contributed by atoms with Crippen LogP contribution in [0.1, 0.15) is 37.3 Å². The molecule has 1 saturated heterocycles. The van der Waals surface area contributed by atoms with E-state index in [9.17, 15) is 4.79 Å². The maximum absolute atomic E-state index is 12.3. The molecule has 2 aromatic rings. The van der Waals surface area contributed by atoms with Gasteiger partial charge in [-0.3, -0.25) is 9.69 Å². The van der Waals surface area contributed by atoms with Gasteiger partial charge in [0.05, 0.1) is 13.2 Å².